The van der Waals surface area contributed by atoms with Crippen LogP contribution in [0.5, 0.6) is 0 Å². The summed E-state index contributed by atoms with van der Waals surface area (Å²) in [5.74, 6) is 0. The van der Waals surface area contributed by atoms with Gasteiger partial charge in [-0.15, -0.1) is 0 Å². The van der Waals surface area contributed by atoms with Crippen molar-refractivity contribution in [3.8, 4) is 6.07 Å². The minimum Gasteiger partial charge on any atom is -0.444 e. The fourth-order valence-corrected chi connectivity index (χ4v) is 2.48. The topological polar surface area (TPSA) is 78.2 Å². The van der Waals surface area contributed by atoms with Gasteiger partial charge in [0.2, 0.25) is 0 Å². The quantitative estimate of drug-likeness (QED) is 0.804. The lowest BCUT2D eigenvalue weighted by Gasteiger charge is -2.36. The Morgan fingerprint density at radius 3 is 2.91 bits per heavy atom. The summed E-state index contributed by atoms with van der Waals surface area (Å²) in [6.07, 6.45) is -0.390. The van der Waals surface area contributed by atoms with Crippen molar-refractivity contribution in [2.45, 2.75) is 32.4 Å². The minimum absolute atomic E-state index is 0.240. The molecule has 6 nitrogen and oxygen atoms in total. The molecule has 2 rings (SSSR count). The number of carbonyl (C=O) groups is 1. The summed E-state index contributed by atoms with van der Waals surface area (Å²) >= 11 is 5.96. The SMILES string of the molecule is CC(C)(C)OC(=O)N1CCNCC1c1cc(C#N)cc(Cl)n1. The van der Waals surface area contributed by atoms with Crippen molar-refractivity contribution in [3.63, 3.8) is 0 Å². The molecule has 22 heavy (non-hydrogen) atoms. The predicted molar refractivity (Wildman–Crippen MR) is 82.5 cm³/mol. The van der Waals surface area contributed by atoms with Crippen LogP contribution in [0.3, 0.4) is 0 Å². The first-order chi connectivity index (χ1) is 10.3. The smallest absolute Gasteiger partial charge is 0.410 e. The van der Waals surface area contributed by atoms with E-state index in [-0.39, 0.29) is 17.3 Å². The van der Waals surface area contributed by atoms with Crippen LogP contribution in [0.4, 0.5) is 4.79 Å². The van der Waals surface area contributed by atoms with E-state index in [9.17, 15) is 4.79 Å². The van der Waals surface area contributed by atoms with Crippen LogP contribution >= 0.6 is 11.6 Å². The summed E-state index contributed by atoms with van der Waals surface area (Å²) in [5, 5.41) is 12.5. The highest BCUT2D eigenvalue weighted by Crippen LogP contribution is 2.25. The lowest BCUT2D eigenvalue weighted by atomic mass is 10.1. The summed E-state index contributed by atoms with van der Waals surface area (Å²) < 4.78 is 5.45. The maximum absolute atomic E-state index is 12.4. The Bertz CT molecular complexity index is 607. The second kappa shape index (κ2) is 6.51. The highest BCUT2D eigenvalue weighted by Gasteiger charge is 2.32. The van der Waals surface area contributed by atoms with Crippen LogP contribution in [0.2, 0.25) is 5.15 Å². The highest BCUT2D eigenvalue weighted by molar-refractivity contribution is 6.29. The van der Waals surface area contributed by atoms with E-state index in [0.717, 1.165) is 0 Å². The molecule has 0 radical (unpaired) electrons. The van der Waals surface area contributed by atoms with Crippen molar-refractivity contribution >= 4 is 17.7 Å². The summed E-state index contributed by atoms with van der Waals surface area (Å²) in [6.45, 7) is 7.21. The van der Waals surface area contributed by atoms with E-state index in [1.165, 1.54) is 6.07 Å². The zero-order valence-electron chi connectivity index (χ0n) is 12.9. The monoisotopic (exact) mass is 322 g/mol. The van der Waals surface area contributed by atoms with Gasteiger partial charge in [-0.1, -0.05) is 11.6 Å². The van der Waals surface area contributed by atoms with Crippen LogP contribution < -0.4 is 5.32 Å². The molecular weight excluding hydrogens is 304 g/mol. The Kier molecular flexibility index (Phi) is 4.89. The molecule has 0 aromatic carbocycles. The lowest BCUT2D eigenvalue weighted by Crippen LogP contribution is -2.50. The number of carbonyl (C=O) groups excluding carboxylic acids is 1. The first-order valence-corrected chi connectivity index (χ1v) is 7.46. The van der Waals surface area contributed by atoms with Crippen molar-refractivity contribution in [3.05, 3.63) is 28.5 Å². The second-order valence-corrected chi connectivity index (χ2v) is 6.50. The Hall–Kier alpha value is -1.84. The van der Waals surface area contributed by atoms with Crippen LogP contribution in [0.1, 0.15) is 38.1 Å². The van der Waals surface area contributed by atoms with Gasteiger partial charge in [0.1, 0.15) is 10.8 Å². The van der Waals surface area contributed by atoms with Gasteiger partial charge in [-0.2, -0.15) is 5.26 Å². The van der Waals surface area contributed by atoms with E-state index >= 15 is 0 Å². The molecule has 7 heteroatoms. The zero-order chi connectivity index (χ0) is 16.3. The molecule has 1 N–H and O–H groups in total. The number of amides is 1. The number of nitrogens with one attached hydrogen (secondary N) is 1. The number of halogens is 1. The number of nitriles is 1. The van der Waals surface area contributed by atoms with E-state index < -0.39 is 5.60 Å². The fourth-order valence-electron chi connectivity index (χ4n) is 2.26. The number of nitrogens with zero attached hydrogens (tertiary/aromatic N) is 3. The third-order valence-corrected chi connectivity index (χ3v) is 3.35. The Morgan fingerprint density at radius 2 is 2.27 bits per heavy atom. The van der Waals surface area contributed by atoms with Gasteiger partial charge in [-0.05, 0) is 32.9 Å². The summed E-state index contributed by atoms with van der Waals surface area (Å²) in [4.78, 5) is 18.3. The molecule has 118 valence electrons. The molecule has 1 fully saturated rings. The van der Waals surface area contributed by atoms with Crippen LogP contribution in [-0.2, 0) is 4.74 Å². The Balaban J connectivity index is 2.29. The van der Waals surface area contributed by atoms with Crippen LogP contribution in [0.15, 0.2) is 12.1 Å². The van der Waals surface area contributed by atoms with Crippen LogP contribution in [0, 0.1) is 11.3 Å². The van der Waals surface area contributed by atoms with Gasteiger partial charge in [0.05, 0.1) is 23.4 Å². The molecule has 1 aliphatic rings. The maximum atomic E-state index is 12.4. The molecule has 0 saturated carbocycles. The third kappa shape index (κ3) is 4.09. The number of rotatable bonds is 1. The average Bonchev–Trinajstić information content (AvgIpc) is 2.44. The predicted octanol–water partition coefficient (Wildman–Crippen LogP) is 2.49. The molecule has 1 aromatic heterocycles. The lowest BCUT2D eigenvalue weighted by molar-refractivity contribution is 0.0113. The molecular formula is C15H19ClN4O2. The van der Waals surface area contributed by atoms with E-state index in [1.807, 2.05) is 20.8 Å². The molecule has 1 unspecified atom stereocenters. The first-order valence-electron chi connectivity index (χ1n) is 7.08. The van der Waals surface area contributed by atoms with Crippen molar-refractivity contribution in [2.75, 3.05) is 19.6 Å². The molecule has 0 spiro atoms. The summed E-state index contributed by atoms with van der Waals surface area (Å²) in [6, 6.07) is 4.89. The van der Waals surface area contributed by atoms with E-state index in [1.54, 1.807) is 11.0 Å². The van der Waals surface area contributed by atoms with Gasteiger partial charge in [0.25, 0.3) is 0 Å². The second-order valence-electron chi connectivity index (χ2n) is 6.11. The average molecular weight is 323 g/mol. The van der Waals surface area contributed by atoms with Gasteiger partial charge in [0.15, 0.2) is 0 Å². The number of piperazine rings is 1. The molecule has 1 amide bonds. The van der Waals surface area contributed by atoms with E-state index in [4.69, 9.17) is 21.6 Å². The molecule has 1 aliphatic heterocycles. The first kappa shape index (κ1) is 16.5. The maximum Gasteiger partial charge on any atom is 0.410 e. The number of pyridine rings is 1. The van der Waals surface area contributed by atoms with Gasteiger partial charge in [-0.25, -0.2) is 9.78 Å². The normalized spacial score (nSPS) is 18.7. The van der Waals surface area contributed by atoms with Gasteiger partial charge >= 0.3 is 6.09 Å². The summed E-state index contributed by atoms with van der Waals surface area (Å²) in [5.41, 5.74) is 0.443. The highest BCUT2D eigenvalue weighted by atomic mass is 35.5. The third-order valence-electron chi connectivity index (χ3n) is 3.16. The Labute approximate surface area is 135 Å². The van der Waals surface area contributed by atoms with Crippen LogP contribution in [-0.4, -0.2) is 41.2 Å². The number of hydrogen-bond acceptors (Lipinski definition) is 5. The van der Waals surface area contributed by atoms with Crippen molar-refractivity contribution in [1.82, 2.24) is 15.2 Å². The number of hydrogen-bond donors (Lipinski definition) is 1. The molecule has 1 saturated heterocycles. The standard InChI is InChI=1S/C15H19ClN4O2/c1-15(2,3)22-14(21)20-5-4-18-9-12(20)11-6-10(8-17)7-13(16)19-11/h6-7,12,18H,4-5,9H2,1-3H3. The largest absolute Gasteiger partial charge is 0.444 e. The minimum atomic E-state index is -0.563. The zero-order valence-corrected chi connectivity index (χ0v) is 13.6. The van der Waals surface area contributed by atoms with Crippen LogP contribution in [0.25, 0.3) is 0 Å². The molecule has 1 atom stereocenters. The van der Waals surface area contributed by atoms with Gasteiger partial charge in [0, 0.05) is 19.6 Å². The van der Waals surface area contributed by atoms with Gasteiger partial charge < -0.3 is 10.1 Å². The van der Waals surface area contributed by atoms with E-state index in [2.05, 4.69) is 16.4 Å². The number of aromatic nitrogens is 1. The van der Waals surface area contributed by atoms with Crippen molar-refractivity contribution in [1.29, 1.82) is 5.26 Å². The Morgan fingerprint density at radius 1 is 1.55 bits per heavy atom. The molecule has 0 aliphatic carbocycles. The number of ether oxygens (including phenoxy) is 1. The van der Waals surface area contributed by atoms with E-state index in [0.29, 0.717) is 30.9 Å². The fraction of sp³-hybridized carbons (Fsp3) is 0.533. The molecule has 2 heterocycles. The summed E-state index contributed by atoms with van der Waals surface area (Å²) in [7, 11) is 0. The van der Waals surface area contributed by atoms with Crippen molar-refractivity contribution < 1.29 is 9.53 Å². The van der Waals surface area contributed by atoms with Gasteiger partial charge in [-0.3, -0.25) is 4.90 Å². The van der Waals surface area contributed by atoms with Crippen molar-refractivity contribution in [2.24, 2.45) is 0 Å². The molecule has 0 bridgehead atoms. The molecule has 1 aromatic rings.